The third-order valence-electron chi connectivity index (χ3n) is 7.18. The van der Waals surface area contributed by atoms with Gasteiger partial charge in [-0.1, -0.05) is 59.8 Å². The second-order valence-electron chi connectivity index (χ2n) is 10.3. The Labute approximate surface area is 278 Å². The fourth-order valence-corrected chi connectivity index (χ4v) is 7.02. The number of amides is 1. The maximum atomic E-state index is 13.8. The SMILES string of the molecule is CCCOc1ccc([C@@H]2/C(=C(\O)c3ccc4c(c3)OCCO4)C(=O)C(=O)N2c2nnc(SCc3ccc(Cl)cc3)s2)cc1OCC. The topological polar surface area (TPSA) is 120 Å². The van der Waals surface area contributed by atoms with Gasteiger partial charge in [0.25, 0.3) is 5.78 Å². The summed E-state index contributed by atoms with van der Waals surface area (Å²) in [5, 5.41) is 21.1. The van der Waals surface area contributed by atoms with Gasteiger partial charge in [-0.15, -0.1) is 10.2 Å². The Morgan fingerprint density at radius 1 is 1.00 bits per heavy atom. The zero-order valence-corrected chi connectivity index (χ0v) is 27.4. The Bertz CT molecular complexity index is 1790. The number of ketones is 1. The number of carbonyl (C=O) groups is 2. The van der Waals surface area contributed by atoms with Crippen molar-refractivity contribution in [2.75, 3.05) is 31.3 Å². The standard InChI is InChI=1S/C33H30ClN3O7S2/c1-3-13-42-23-11-7-20(16-25(23)41-4-2)28-27(29(38)21-8-12-24-26(17-21)44-15-14-43-24)30(39)31(40)37(28)32-35-36-33(46-32)45-18-19-5-9-22(34)10-6-19/h5-12,16-17,28,38H,3-4,13-15,18H2,1-2H3/b29-27+/t28-/m1/s1. The van der Waals surface area contributed by atoms with Gasteiger partial charge in [-0.25, -0.2) is 0 Å². The van der Waals surface area contributed by atoms with Crippen molar-refractivity contribution in [3.63, 3.8) is 0 Å². The summed E-state index contributed by atoms with van der Waals surface area (Å²) in [6, 6.07) is 16.6. The lowest BCUT2D eigenvalue weighted by Gasteiger charge is -2.24. The molecule has 10 nitrogen and oxygen atoms in total. The van der Waals surface area contributed by atoms with Crippen molar-refractivity contribution in [3.05, 3.63) is 87.9 Å². The van der Waals surface area contributed by atoms with Crippen LogP contribution < -0.4 is 23.8 Å². The number of rotatable bonds is 11. The smallest absolute Gasteiger partial charge is 0.301 e. The number of benzene rings is 3. The number of aliphatic hydroxyl groups excluding tert-OH is 1. The predicted molar refractivity (Wildman–Crippen MR) is 177 cm³/mol. The van der Waals surface area contributed by atoms with E-state index in [0.29, 0.717) is 75.7 Å². The molecule has 0 aliphatic carbocycles. The van der Waals surface area contributed by atoms with Crippen LogP contribution in [0.15, 0.2) is 70.6 Å². The molecule has 0 radical (unpaired) electrons. The second kappa shape index (κ2) is 14.0. The normalized spacial score (nSPS) is 16.9. The van der Waals surface area contributed by atoms with E-state index in [1.807, 2.05) is 38.1 Å². The molecule has 1 fully saturated rings. The molecule has 0 spiro atoms. The molecule has 2 aliphatic heterocycles. The molecule has 2 aliphatic rings. The zero-order chi connectivity index (χ0) is 32.2. The van der Waals surface area contributed by atoms with E-state index in [-0.39, 0.29) is 16.5 Å². The van der Waals surface area contributed by atoms with Crippen molar-refractivity contribution >= 4 is 57.3 Å². The highest BCUT2D eigenvalue weighted by Gasteiger charge is 2.48. The Kier molecular flexibility index (Phi) is 9.67. The lowest BCUT2D eigenvalue weighted by Crippen LogP contribution is -2.29. The number of anilines is 1. The van der Waals surface area contributed by atoms with Gasteiger partial charge in [-0.2, -0.15) is 0 Å². The molecule has 0 saturated carbocycles. The van der Waals surface area contributed by atoms with Crippen LogP contribution in [0.4, 0.5) is 5.13 Å². The van der Waals surface area contributed by atoms with Gasteiger partial charge in [0.1, 0.15) is 19.0 Å². The number of aliphatic hydroxyl groups is 1. The van der Waals surface area contributed by atoms with E-state index in [1.54, 1.807) is 36.4 Å². The monoisotopic (exact) mass is 679 g/mol. The maximum absolute atomic E-state index is 13.8. The number of ether oxygens (including phenoxy) is 4. The summed E-state index contributed by atoms with van der Waals surface area (Å²) in [7, 11) is 0. The van der Waals surface area contributed by atoms with Crippen LogP contribution in [0.1, 0.15) is 43.0 Å². The van der Waals surface area contributed by atoms with Crippen molar-refractivity contribution in [1.29, 1.82) is 0 Å². The van der Waals surface area contributed by atoms with Crippen LogP contribution in [-0.4, -0.2) is 53.4 Å². The molecule has 3 heterocycles. The van der Waals surface area contributed by atoms with Crippen molar-refractivity contribution in [3.8, 4) is 23.0 Å². The van der Waals surface area contributed by atoms with Crippen LogP contribution in [0.2, 0.25) is 5.02 Å². The van der Waals surface area contributed by atoms with E-state index in [4.69, 9.17) is 30.5 Å². The quantitative estimate of drug-likeness (QED) is 0.0579. The molecule has 46 heavy (non-hydrogen) atoms. The summed E-state index contributed by atoms with van der Waals surface area (Å²) < 4.78 is 23.7. The van der Waals surface area contributed by atoms with Gasteiger partial charge in [-0.3, -0.25) is 14.5 Å². The number of Topliss-reactive ketones (excluding diaryl/α,β-unsaturated/α-hetero) is 1. The lowest BCUT2D eigenvalue weighted by atomic mass is 9.95. The lowest BCUT2D eigenvalue weighted by molar-refractivity contribution is -0.132. The third-order valence-corrected chi connectivity index (χ3v) is 9.56. The van der Waals surface area contributed by atoms with Crippen LogP contribution in [-0.2, 0) is 15.3 Å². The average Bonchev–Trinajstić information content (AvgIpc) is 3.65. The molecule has 0 unspecified atom stereocenters. The number of carbonyl (C=O) groups excluding carboxylic acids is 2. The van der Waals surface area contributed by atoms with Gasteiger partial charge in [0.05, 0.1) is 24.8 Å². The minimum atomic E-state index is -1.03. The minimum absolute atomic E-state index is 0.100. The summed E-state index contributed by atoms with van der Waals surface area (Å²) in [5.41, 5.74) is 1.77. The van der Waals surface area contributed by atoms with Crippen molar-refractivity contribution in [2.24, 2.45) is 0 Å². The van der Waals surface area contributed by atoms with Crippen molar-refractivity contribution in [1.82, 2.24) is 10.2 Å². The number of hydrogen-bond donors (Lipinski definition) is 1. The molecule has 13 heteroatoms. The number of hydrogen-bond acceptors (Lipinski definition) is 11. The molecule has 0 bridgehead atoms. The van der Waals surface area contributed by atoms with E-state index >= 15 is 0 Å². The summed E-state index contributed by atoms with van der Waals surface area (Å²) >= 11 is 8.65. The molecule has 1 amide bonds. The number of nitrogens with zero attached hydrogens (tertiary/aromatic N) is 3. The van der Waals surface area contributed by atoms with E-state index < -0.39 is 17.7 Å². The Morgan fingerprint density at radius 3 is 2.54 bits per heavy atom. The largest absolute Gasteiger partial charge is 0.507 e. The van der Waals surface area contributed by atoms with Crippen molar-refractivity contribution in [2.45, 2.75) is 36.4 Å². The van der Waals surface area contributed by atoms with E-state index in [1.165, 1.54) is 28.0 Å². The number of halogens is 1. The van der Waals surface area contributed by atoms with E-state index in [2.05, 4.69) is 10.2 Å². The van der Waals surface area contributed by atoms with Gasteiger partial charge in [0, 0.05) is 16.3 Å². The predicted octanol–water partition coefficient (Wildman–Crippen LogP) is 7.07. The zero-order valence-electron chi connectivity index (χ0n) is 25.0. The summed E-state index contributed by atoms with van der Waals surface area (Å²) in [5.74, 6) is 0.516. The Balaban J connectivity index is 1.42. The minimum Gasteiger partial charge on any atom is -0.507 e. The third kappa shape index (κ3) is 6.51. The van der Waals surface area contributed by atoms with Crippen LogP contribution >= 0.6 is 34.7 Å². The summed E-state index contributed by atoms with van der Waals surface area (Å²) in [6.45, 7) is 5.48. The first-order valence-electron chi connectivity index (χ1n) is 14.7. The summed E-state index contributed by atoms with van der Waals surface area (Å²) in [6.07, 6.45) is 0.804. The molecule has 1 atom stereocenters. The Hall–Kier alpha value is -4.26. The molecule has 4 aromatic rings. The van der Waals surface area contributed by atoms with Crippen LogP contribution in [0, 0.1) is 0 Å². The molecule has 3 aromatic carbocycles. The molecule has 6 rings (SSSR count). The molecular formula is C33H30ClN3O7S2. The second-order valence-corrected chi connectivity index (χ2v) is 12.9. The molecule has 1 saturated heterocycles. The Morgan fingerprint density at radius 2 is 1.78 bits per heavy atom. The van der Waals surface area contributed by atoms with Crippen molar-refractivity contribution < 1.29 is 33.6 Å². The average molecular weight is 680 g/mol. The van der Waals surface area contributed by atoms with Crippen LogP contribution in [0.5, 0.6) is 23.0 Å². The van der Waals surface area contributed by atoms with E-state index in [0.717, 1.165) is 12.0 Å². The first-order valence-corrected chi connectivity index (χ1v) is 16.9. The van der Waals surface area contributed by atoms with Gasteiger partial charge in [0.15, 0.2) is 27.3 Å². The number of aromatic nitrogens is 2. The fraction of sp³-hybridized carbons (Fsp3) is 0.273. The fourth-order valence-electron chi connectivity index (χ4n) is 5.07. The molecule has 1 aromatic heterocycles. The first-order chi connectivity index (χ1) is 22.4. The highest BCUT2D eigenvalue weighted by atomic mass is 35.5. The highest BCUT2D eigenvalue weighted by Crippen LogP contribution is 2.46. The molecular weight excluding hydrogens is 650 g/mol. The van der Waals surface area contributed by atoms with Crippen LogP contribution in [0.3, 0.4) is 0 Å². The van der Waals surface area contributed by atoms with Gasteiger partial charge < -0.3 is 24.1 Å². The molecule has 1 N–H and O–H groups in total. The maximum Gasteiger partial charge on any atom is 0.301 e. The molecule has 238 valence electrons. The van der Waals surface area contributed by atoms with E-state index in [9.17, 15) is 14.7 Å². The first kappa shape index (κ1) is 31.7. The van der Waals surface area contributed by atoms with Gasteiger partial charge >= 0.3 is 5.91 Å². The number of thioether (sulfide) groups is 1. The van der Waals surface area contributed by atoms with Gasteiger partial charge in [0.2, 0.25) is 5.13 Å². The number of fused-ring (bicyclic) bond motifs is 1. The summed E-state index contributed by atoms with van der Waals surface area (Å²) in [4.78, 5) is 28.8. The van der Waals surface area contributed by atoms with Gasteiger partial charge in [-0.05, 0) is 66.9 Å². The van der Waals surface area contributed by atoms with Crippen LogP contribution in [0.25, 0.3) is 5.76 Å². The highest BCUT2D eigenvalue weighted by molar-refractivity contribution is 8.00.